The van der Waals surface area contributed by atoms with E-state index in [1.54, 1.807) is 24.3 Å². The number of rotatable bonds is 3. The number of benzene rings is 1. The van der Waals surface area contributed by atoms with E-state index in [4.69, 9.17) is 27.6 Å². The Hall–Kier alpha value is -1.98. The molecule has 0 bridgehead atoms. The van der Waals surface area contributed by atoms with Gasteiger partial charge >= 0.3 is 5.91 Å². The van der Waals surface area contributed by atoms with Gasteiger partial charge in [-0.1, -0.05) is 29.3 Å². The number of furan rings is 1. The largest absolute Gasteiger partial charge is 0.459 e. The normalized spacial score (nSPS) is 10.1. The van der Waals surface area contributed by atoms with E-state index in [0.29, 0.717) is 15.6 Å². The summed E-state index contributed by atoms with van der Waals surface area (Å²) < 4.78 is 4.88. The molecule has 2 rings (SSSR count). The fourth-order valence-corrected chi connectivity index (χ4v) is 2.03. The SMILES string of the molecule is O=C(Cc1c(Cl)cccc1Cl)NNC(=O)c1ccco1. The van der Waals surface area contributed by atoms with Crippen molar-refractivity contribution in [1.29, 1.82) is 0 Å². The van der Waals surface area contributed by atoms with Gasteiger partial charge in [0.15, 0.2) is 5.76 Å². The van der Waals surface area contributed by atoms with E-state index in [1.165, 1.54) is 12.3 Å². The fourth-order valence-electron chi connectivity index (χ4n) is 1.50. The number of hydrazine groups is 1. The number of nitrogens with one attached hydrogen (secondary N) is 2. The van der Waals surface area contributed by atoms with E-state index in [0.717, 1.165) is 0 Å². The molecule has 0 aliphatic carbocycles. The molecule has 2 N–H and O–H groups in total. The summed E-state index contributed by atoms with van der Waals surface area (Å²) in [6, 6.07) is 8.01. The third kappa shape index (κ3) is 3.53. The van der Waals surface area contributed by atoms with Gasteiger partial charge in [0.2, 0.25) is 5.91 Å². The first-order chi connectivity index (χ1) is 9.58. The molecule has 20 heavy (non-hydrogen) atoms. The van der Waals surface area contributed by atoms with Gasteiger partial charge in [0.25, 0.3) is 0 Å². The summed E-state index contributed by atoms with van der Waals surface area (Å²) >= 11 is 11.9. The van der Waals surface area contributed by atoms with Gasteiger partial charge in [0.1, 0.15) is 0 Å². The van der Waals surface area contributed by atoms with Crippen LogP contribution in [0.15, 0.2) is 41.0 Å². The van der Waals surface area contributed by atoms with Gasteiger partial charge in [0.05, 0.1) is 12.7 Å². The van der Waals surface area contributed by atoms with Crippen LogP contribution in [-0.4, -0.2) is 11.8 Å². The maximum Gasteiger partial charge on any atom is 0.305 e. The summed E-state index contributed by atoms with van der Waals surface area (Å²) in [5.41, 5.74) is 4.98. The second-order valence-corrected chi connectivity index (χ2v) is 4.67. The molecule has 1 aromatic heterocycles. The third-order valence-corrected chi connectivity index (χ3v) is 3.17. The van der Waals surface area contributed by atoms with Crippen molar-refractivity contribution in [3.63, 3.8) is 0 Å². The van der Waals surface area contributed by atoms with Crippen LogP contribution in [0.3, 0.4) is 0 Å². The smallest absolute Gasteiger partial charge is 0.305 e. The maximum absolute atomic E-state index is 11.7. The average molecular weight is 313 g/mol. The minimum absolute atomic E-state index is 0.0447. The molecule has 0 aliphatic heterocycles. The molecule has 0 atom stereocenters. The second-order valence-electron chi connectivity index (χ2n) is 3.86. The average Bonchev–Trinajstić information content (AvgIpc) is 2.94. The number of hydrogen-bond donors (Lipinski definition) is 2. The molecule has 7 heteroatoms. The predicted octanol–water partition coefficient (Wildman–Crippen LogP) is 2.59. The van der Waals surface area contributed by atoms with Crippen LogP contribution in [0.5, 0.6) is 0 Å². The molecule has 1 heterocycles. The van der Waals surface area contributed by atoms with Crippen molar-refractivity contribution < 1.29 is 14.0 Å². The van der Waals surface area contributed by atoms with E-state index >= 15 is 0 Å². The van der Waals surface area contributed by atoms with Gasteiger partial charge in [-0.3, -0.25) is 20.4 Å². The number of amides is 2. The Balaban J connectivity index is 1.92. The Morgan fingerprint density at radius 2 is 1.75 bits per heavy atom. The van der Waals surface area contributed by atoms with Crippen LogP contribution in [0.2, 0.25) is 10.0 Å². The maximum atomic E-state index is 11.7. The first kappa shape index (κ1) is 14.4. The van der Waals surface area contributed by atoms with E-state index in [2.05, 4.69) is 10.9 Å². The van der Waals surface area contributed by atoms with Crippen molar-refractivity contribution in [1.82, 2.24) is 10.9 Å². The van der Waals surface area contributed by atoms with Crippen LogP contribution in [0, 0.1) is 0 Å². The molecular formula is C13H10Cl2N2O3. The van der Waals surface area contributed by atoms with E-state index in [1.807, 2.05) is 0 Å². The Morgan fingerprint density at radius 1 is 1.05 bits per heavy atom. The van der Waals surface area contributed by atoms with Crippen molar-refractivity contribution >= 4 is 35.0 Å². The Morgan fingerprint density at radius 3 is 2.35 bits per heavy atom. The van der Waals surface area contributed by atoms with E-state index in [9.17, 15) is 9.59 Å². The number of halogens is 2. The summed E-state index contributed by atoms with van der Waals surface area (Å²) in [6.45, 7) is 0. The number of carbonyl (C=O) groups excluding carboxylic acids is 2. The van der Waals surface area contributed by atoms with Crippen molar-refractivity contribution in [2.24, 2.45) is 0 Å². The Labute approximate surface area is 124 Å². The quantitative estimate of drug-likeness (QED) is 0.856. The molecule has 104 valence electrons. The number of hydrogen-bond acceptors (Lipinski definition) is 3. The van der Waals surface area contributed by atoms with Gasteiger partial charge in [0, 0.05) is 10.0 Å². The second kappa shape index (κ2) is 6.45. The van der Waals surface area contributed by atoms with Gasteiger partial charge in [-0.05, 0) is 29.8 Å². The molecule has 0 saturated heterocycles. The van der Waals surface area contributed by atoms with Crippen LogP contribution in [0.1, 0.15) is 16.1 Å². The highest BCUT2D eigenvalue weighted by atomic mass is 35.5. The molecule has 0 fully saturated rings. The first-order valence-corrected chi connectivity index (χ1v) is 6.39. The van der Waals surface area contributed by atoms with Crippen LogP contribution in [0.4, 0.5) is 0 Å². The standard InChI is InChI=1S/C13H10Cl2N2O3/c14-9-3-1-4-10(15)8(9)7-12(18)16-17-13(19)11-5-2-6-20-11/h1-6H,7H2,(H,16,18)(H,17,19). The summed E-state index contributed by atoms with van der Waals surface area (Å²) in [4.78, 5) is 23.2. The monoisotopic (exact) mass is 312 g/mol. The van der Waals surface area contributed by atoms with Crippen molar-refractivity contribution in [2.75, 3.05) is 0 Å². The highest BCUT2D eigenvalue weighted by molar-refractivity contribution is 6.36. The highest BCUT2D eigenvalue weighted by Crippen LogP contribution is 2.24. The van der Waals surface area contributed by atoms with Gasteiger partial charge in [-0.25, -0.2) is 0 Å². The van der Waals surface area contributed by atoms with E-state index in [-0.39, 0.29) is 12.2 Å². The molecule has 0 radical (unpaired) electrons. The van der Waals surface area contributed by atoms with Gasteiger partial charge in [-0.2, -0.15) is 0 Å². The molecule has 0 spiro atoms. The van der Waals surface area contributed by atoms with Crippen LogP contribution >= 0.6 is 23.2 Å². The summed E-state index contributed by atoms with van der Waals surface area (Å²) in [5.74, 6) is -0.894. The predicted molar refractivity (Wildman–Crippen MR) is 74.5 cm³/mol. The lowest BCUT2D eigenvalue weighted by atomic mass is 10.1. The zero-order chi connectivity index (χ0) is 14.5. The summed E-state index contributed by atoms with van der Waals surface area (Å²) in [5, 5.41) is 0.787. The molecule has 0 saturated carbocycles. The fraction of sp³-hybridized carbons (Fsp3) is 0.0769. The van der Waals surface area contributed by atoms with Crippen LogP contribution in [-0.2, 0) is 11.2 Å². The molecule has 2 amide bonds. The van der Waals surface area contributed by atoms with Gasteiger partial charge < -0.3 is 4.42 Å². The molecule has 1 aromatic carbocycles. The van der Waals surface area contributed by atoms with Crippen molar-refractivity contribution in [3.05, 3.63) is 58.0 Å². The summed E-state index contributed by atoms with van der Waals surface area (Å²) in [7, 11) is 0. The zero-order valence-electron chi connectivity index (χ0n) is 10.2. The van der Waals surface area contributed by atoms with Crippen LogP contribution in [0.25, 0.3) is 0 Å². The minimum atomic E-state index is -0.548. The molecular weight excluding hydrogens is 303 g/mol. The molecule has 0 unspecified atom stereocenters. The van der Waals surface area contributed by atoms with Crippen LogP contribution < -0.4 is 10.9 Å². The summed E-state index contributed by atoms with van der Waals surface area (Å²) in [6.07, 6.45) is 1.32. The molecule has 0 aliphatic rings. The molecule has 2 aromatic rings. The lowest BCUT2D eigenvalue weighted by Gasteiger charge is -2.08. The van der Waals surface area contributed by atoms with E-state index < -0.39 is 11.8 Å². The third-order valence-electron chi connectivity index (χ3n) is 2.46. The lowest BCUT2D eigenvalue weighted by molar-refractivity contribution is -0.121. The molecule has 5 nitrogen and oxygen atoms in total. The highest BCUT2D eigenvalue weighted by Gasteiger charge is 2.13. The minimum Gasteiger partial charge on any atom is -0.459 e. The topological polar surface area (TPSA) is 71.3 Å². The Kier molecular flexibility index (Phi) is 4.65. The lowest BCUT2D eigenvalue weighted by Crippen LogP contribution is -2.42. The van der Waals surface area contributed by atoms with Crippen molar-refractivity contribution in [2.45, 2.75) is 6.42 Å². The Bertz CT molecular complexity index is 606. The van der Waals surface area contributed by atoms with Gasteiger partial charge in [-0.15, -0.1) is 0 Å². The van der Waals surface area contributed by atoms with Crippen molar-refractivity contribution in [3.8, 4) is 0 Å². The first-order valence-electron chi connectivity index (χ1n) is 5.63. The number of carbonyl (C=O) groups is 2. The zero-order valence-corrected chi connectivity index (χ0v) is 11.7.